The molecule has 26 heavy (non-hydrogen) atoms. The molecule has 2 aromatic heterocycles. The lowest BCUT2D eigenvalue weighted by Gasteiger charge is -2.32. The van der Waals surface area contributed by atoms with Crippen molar-refractivity contribution in [3.8, 4) is 0 Å². The van der Waals surface area contributed by atoms with E-state index in [1.165, 1.54) is 16.8 Å². The molecule has 2 N–H and O–H groups in total. The molecular formula is C17H21N5O4. The van der Waals surface area contributed by atoms with Gasteiger partial charge < -0.3 is 9.88 Å². The Balaban J connectivity index is 1.65. The Morgan fingerprint density at radius 2 is 1.88 bits per heavy atom. The average Bonchev–Trinajstić information content (AvgIpc) is 2.59. The fourth-order valence-corrected chi connectivity index (χ4v) is 3.22. The maximum absolute atomic E-state index is 12.5. The van der Waals surface area contributed by atoms with Gasteiger partial charge in [-0.3, -0.25) is 23.9 Å². The van der Waals surface area contributed by atoms with Gasteiger partial charge in [-0.25, -0.2) is 9.78 Å². The summed E-state index contributed by atoms with van der Waals surface area (Å²) in [5.74, 6) is 0.545. The second-order valence-corrected chi connectivity index (χ2v) is 6.61. The molecule has 138 valence electrons. The molecule has 0 bridgehead atoms. The van der Waals surface area contributed by atoms with Crippen molar-refractivity contribution in [2.24, 2.45) is 0 Å². The van der Waals surface area contributed by atoms with Crippen LogP contribution in [0.1, 0.15) is 35.8 Å². The van der Waals surface area contributed by atoms with E-state index >= 15 is 0 Å². The summed E-state index contributed by atoms with van der Waals surface area (Å²) >= 11 is 0. The number of aromatic amines is 2. The summed E-state index contributed by atoms with van der Waals surface area (Å²) in [6, 6.07) is 1.51. The van der Waals surface area contributed by atoms with Crippen molar-refractivity contribution in [2.45, 2.75) is 39.2 Å². The number of hydrogen-bond donors (Lipinski definition) is 2. The molecule has 1 aliphatic heterocycles. The normalized spacial score (nSPS) is 15.2. The molecule has 1 fully saturated rings. The van der Waals surface area contributed by atoms with E-state index in [1.54, 1.807) is 18.7 Å². The lowest BCUT2D eigenvalue weighted by Crippen LogP contribution is -2.42. The quantitative estimate of drug-likeness (QED) is 0.775. The fourth-order valence-electron chi connectivity index (χ4n) is 3.22. The summed E-state index contributed by atoms with van der Waals surface area (Å²) in [5, 5.41) is 0. The fraction of sp³-hybridized carbons (Fsp3) is 0.471. The molecule has 3 heterocycles. The highest BCUT2D eigenvalue weighted by atomic mass is 16.2. The minimum absolute atomic E-state index is 0.108. The highest BCUT2D eigenvalue weighted by Gasteiger charge is 2.25. The van der Waals surface area contributed by atoms with Gasteiger partial charge in [0.25, 0.3) is 11.1 Å². The molecular weight excluding hydrogens is 338 g/mol. The number of carbonyl (C=O) groups excluding carboxylic acids is 1. The third kappa shape index (κ3) is 3.81. The maximum atomic E-state index is 12.5. The topological polar surface area (TPSA) is 121 Å². The van der Waals surface area contributed by atoms with Crippen molar-refractivity contribution in [3.05, 3.63) is 60.5 Å². The van der Waals surface area contributed by atoms with Crippen molar-refractivity contribution in [3.63, 3.8) is 0 Å². The smallest absolute Gasteiger partial charge is 0.328 e. The van der Waals surface area contributed by atoms with Gasteiger partial charge >= 0.3 is 5.69 Å². The van der Waals surface area contributed by atoms with E-state index < -0.39 is 11.2 Å². The summed E-state index contributed by atoms with van der Waals surface area (Å²) < 4.78 is 1.22. The molecule has 0 aromatic carbocycles. The second-order valence-electron chi connectivity index (χ2n) is 6.61. The van der Waals surface area contributed by atoms with Crippen LogP contribution in [0.4, 0.5) is 0 Å². The number of aryl methyl sites for hydroxylation is 2. The first-order chi connectivity index (χ1) is 12.3. The Morgan fingerprint density at radius 1 is 1.19 bits per heavy atom. The van der Waals surface area contributed by atoms with Gasteiger partial charge in [0.1, 0.15) is 12.4 Å². The molecule has 1 saturated heterocycles. The number of hydrogen-bond acceptors (Lipinski definition) is 5. The zero-order chi connectivity index (χ0) is 18.8. The van der Waals surface area contributed by atoms with Gasteiger partial charge in [0.2, 0.25) is 5.91 Å². The van der Waals surface area contributed by atoms with Gasteiger partial charge in [0, 0.05) is 36.8 Å². The van der Waals surface area contributed by atoms with Crippen LogP contribution in [-0.4, -0.2) is 43.4 Å². The van der Waals surface area contributed by atoms with Crippen LogP contribution in [0.3, 0.4) is 0 Å². The first-order valence-electron chi connectivity index (χ1n) is 8.49. The second kappa shape index (κ2) is 7.11. The number of piperidine rings is 1. The molecule has 0 radical (unpaired) electrons. The first kappa shape index (κ1) is 17.8. The summed E-state index contributed by atoms with van der Waals surface area (Å²) in [4.78, 5) is 58.2. The molecule has 0 aliphatic carbocycles. The number of nitrogens with zero attached hydrogens (tertiary/aromatic N) is 3. The van der Waals surface area contributed by atoms with E-state index in [1.807, 2.05) is 0 Å². The van der Waals surface area contributed by atoms with Gasteiger partial charge in [-0.15, -0.1) is 0 Å². The third-order valence-corrected chi connectivity index (χ3v) is 4.64. The minimum atomic E-state index is -0.591. The summed E-state index contributed by atoms with van der Waals surface area (Å²) in [6.45, 7) is 4.29. The standard InChI is InChI=1S/C17H21N5O4/c1-10-8-22(17(26)20-16(10)25)9-15(24)21-5-3-12(4-6-21)13-7-14(23)19-11(2)18-13/h7-8,12H,3-6,9H2,1-2H3,(H,18,19,23)(H,20,25,26). The van der Waals surface area contributed by atoms with E-state index in [-0.39, 0.29) is 23.9 Å². The van der Waals surface area contributed by atoms with Gasteiger partial charge in [-0.1, -0.05) is 0 Å². The van der Waals surface area contributed by atoms with Crippen LogP contribution in [0, 0.1) is 13.8 Å². The van der Waals surface area contributed by atoms with Crippen LogP contribution >= 0.6 is 0 Å². The van der Waals surface area contributed by atoms with Crippen LogP contribution < -0.4 is 16.8 Å². The molecule has 0 saturated carbocycles. The number of amides is 1. The summed E-state index contributed by atoms with van der Waals surface area (Å²) in [5.41, 5.74) is -0.0660. The van der Waals surface area contributed by atoms with Crippen molar-refractivity contribution in [2.75, 3.05) is 13.1 Å². The average molecular weight is 359 g/mol. The van der Waals surface area contributed by atoms with Crippen molar-refractivity contribution < 1.29 is 4.79 Å². The Kier molecular flexibility index (Phi) is 4.88. The van der Waals surface area contributed by atoms with E-state index in [0.29, 0.717) is 37.3 Å². The molecule has 2 aromatic rings. The lowest BCUT2D eigenvalue weighted by molar-refractivity contribution is -0.133. The number of H-pyrrole nitrogens is 2. The molecule has 9 nitrogen and oxygen atoms in total. The Labute approximate surface area is 148 Å². The monoisotopic (exact) mass is 359 g/mol. The highest BCUT2D eigenvalue weighted by Crippen LogP contribution is 2.26. The maximum Gasteiger partial charge on any atom is 0.328 e. The largest absolute Gasteiger partial charge is 0.341 e. The molecule has 0 unspecified atom stereocenters. The molecule has 1 aliphatic rings. The van der Waals surface area contributed by atoms with Crippen LogP contribution in [0.15, 0.2) is 26.6 Å². The van der Waals surface area contributed by atoms with Gasteiger partial charge in [-0.05, 0) is 26.7 Å². The Hall–Kier alpha value is -2.97. The highest BCUT2D eigenvalue weighted by molar-refractivity contribution is 5.76. The van der Waals surface area contributed by atoms with Crippen LogP contribution in [0.5, 0.6) is 0 Å². The van der Waals surface area contributed by atoms with Gasteiger partial charge in [-0.2, -0.15) is 0 Å². The van der Waals surface area contributed by atoms with E-state index in [4.69, 9.17) is 0 Å². The predicted octanol–water partition coefficient (Wildman–Crippen LogP) is -0.357. The van der Waals surface area contributed by atoms with Crippen molar-refractivity contribution >= 4 is 5.91 Å². The number of rotatable bonds is 3. The van der Waals surface area contributed by atoms with E-state index in [2.05, 4.69) is 15.0 Å². The van der Waals surface area contributed by atoms with E-state index in [0.717, 1.165) is 5.69 Å². The summed E-state index contributed by atoms with van der Waals surface area (Å²) in [7, 11) is 0. The van der Waals surface area contributed by atoms with Crippen LogP contribution in [0.2, 0.25) is 0 Å². The van der Waals surface area contributed by atoms with Crippen molar-refractivity contribution in [1.29, 1.82) is 0 Å². The lowest BCUT2D eigenvalue weighted by atomic mass is 9.93. The zero-order valence-corrected chi connectivity index (χ0v) is 14.7. The molecule has 3 rings (SSSR count). The number of nitrogens with one attached hydrogen (secondary N) is 2. The Morgan fingerprint density at radius 3 is 2.54 bits per heavy atom. The van der Waals surface area contributed by atoms with Crippen molar-refractivity contribution in [1.82, 2.24) is 24.4 Å². The number of aromatic nitrogens is 4. The molecule has 0 atom stereocenters. The third-order valence-electron chi connectivity index (χ3n) is 4.64. The first-order valence-corrected chi connectivity index (χ1v) is 8.49. The van der Waals surface area contributed by atoms with Gasteiger partial charge in [0.15, 0.2) is 0 Å². The summed E-state index contributed by atoms with van der Waals surface area (Å²) in [6.07, 6.45) is 2.82. The van der Waals surface area contributed by atoms with Gasteiger partial charge in [0.05, 0.1) is 5.69 Å². The molecule has 1 amide bonds. The zero-order valence-electron chi connectivity index (χ0n) is 14.7. The number of carbonyl (C=O) groups is 1. The minimum Gasteiger partial charge on any atom is -0.341 e. The SMILES string of the molecule is Cc1nc(C2CCN(C(=O)Cn3cc(C)c(=O)[nH]c3=O)CC2)cc(=O)[nH]1. The van der Waals surface area contributed by atoms with Crippen LogP contribution in [0.25, 0.3) is 0 Å². The van der Waals surface area contributed by atoms with E-state index in [9.17, 15) is 19.2 Å². The Bertz CT molecular complexity index is 995. The number of likely N-dealkylation sites (tertiary alicyclic amines) is 1. The van der Waals surface area contributed by atoms with Crippen LogP contribution in [-0.2, 0) is 11.3 Å². The molecule has 9 heteroatoms. The molecule has 0 spiro atoms. The predicted molar refractivity (Wildman–Crippen MR) is 94.2 cm³/mol.